The zero-order valence-electron chi connectivity index (χ0n) is 18.2. The molecule has 30 heavy (non-hydrogen) atoms. The molecule has 0 bridgehead atoms. The van der Waals surface area contributed by atoms with Crippen LogP contribution in [0.1, 0.15) is 11.1 Å². The quantitative estimate of drug-likeness (QED) is 0.789. The van der Waals surface area contributed by atoms with Gasteiger partial charge in [-0.25, -0.2) is 0 Å². The van der Waals surface area contributed by atoms with Crippen molar-refractivity contribution in [1.29, 1.82) is 0 Å². The van der Waals surface area contributed by atoms with Gasteiger partial charge in [0.05, 0.1) is 22.5 Å². The van der Waals surface area contributed by atoms with Crippen molar-refractivity contribution in [1.82, 2.24) is 9.80 Å². The third kappa shape index (κ3) is 2.87. The Labute approximate surface area is 177 Å². The van der Waals surface area contributed by atoms with Crippen molar-refractivity contribution >= 4 is 34.6 Å². The minimum atomic E-state index is -0.152. The summed E-state index contributed by atoms with van der Waals surface area (Å²) in [6.45, 7) is 0. The lowest BCUT2D eigenvalue weighted by molar-refractivity contribution is -0.123. The number of fused-ring (bicyclic) bond motifs is 1. The zero-order valence-corrected chi connectivity index (χ0v) is 18.2. The minimum absolute atomic E-state index is 0.152. The van der Waals surface area contributed by atoms with Crippen LogP contribution in [0.25, 0.3) is 11.4 Å². The topological polar surface area (TPSA) is 47.1 Å². The summed E-state index contributed by atoms with van der Waals surface area (Å²) in [6.07, 6.45) is 0. The lowest BCUT2D eigenvalue weighted by Gasteiger charge is -2.21. The molecule has 0 saturated carbocycles. The SMILES string of the molecule is CN1C(=O)C2=C(c3ccc(N(C)C)cc3)N(C)C(=O)C2=C1c1ccc(N(C)C)cc1. The normalized spacial score (nSPS) is 16.1. The van der Waals surface area contributed by atoms with Crippen molar-refractivity contribution in [3.63, 3.8) is 0 Å². The Balaban J connectivity index is 1.87. The van der Waals surface area contributed by atoms with E-state index in [0.29, 0.717) is 22.5 Å². The van der Waals surface area contributed by atoms with E-state index < -0.39 is 0 Å². The van der Waals surface area contributed by atoms with Crippen LogP contribution in [-0.4, -0.2) is 63.9 Å². The molecule has 2 amide bonds. The summed E-state index contributed by atoms with van der Waals surface area (Å²) >= 11 is 0. The molecule has 0 N–H and O–H groups in total. The van der Waals surface area contributed by atoms with E-state index in [9.17, 15) is 9.59 Å². The second-order valence-corrected chi connectivity index (χ2v) is 8.06. The van der Waals surface area contributed by atoms with Gasteiger partial charge in [0.25, 0.3) is 11.8 Å². The fourth-order valence-corrected chi connectivity index (χ4v) is 4.04. The lowest BCUT2D eigenvalue weighted by atomic mass is 10.0. The predicted molar refractivity (Wildman–Crippen MR) is 121 cm³/mol. The summed E-state index contributed by atoms with van der Waals surface area (Å²) in [7, 11) is 11.4. The first-order valence-electron chi connectivity index (χ1n) is 9.83. The first-order valence-corrected chi connectivity index (χ1v) is 9.83. The third-order valence-corrected chi connectivity index (χ3v) is 5.75. The molecule has 6 heteroatoms. The van der Waals surface area contributed by atoms with Crippen LogP contribution < -0.4 is 9.80 Å². The molecule has 0 spiro atoms. The van der Waals surface area contributed by atoms with E-state index in [2.05, 4.69) is 0 Å². The van der Waals surface area contributed by atoms with E-state index in [1.165, 1.54) is 0 Å². The monoisotopic (exact) mass is 402 g/mol. The van der Waals surface area contributed by atoms with E-state index >= 15 is 0 Å². The maximum Gasteiger partial charge on any atom is 0.261 e. The Morgan fingerprint density at radius 1 is 0.567 bits per heavy atom. The van der Waals surface area contributed by atoms with Gasteiger partial charge in [-0.05, 0) is 35.4 Å². The van der Waals surface area contributed by atoms with Crippen LogP contribution in [0.2, 0.25) is 0 Å². The molecular formula is C24H26N4O2. The number of hydrogen-bond acceptors (Lipinski definition) is 4. The van der Waals surface area contributed by atoms with E-state index in [0.717, 1.165) is 22.5 Å². The van der Waals surface area contributed by atoms with Crippen LogP contribution in [0, 0.1) is 0 Å². The summed E-state index contributed by atoms with van der Waals surface area (Å²) in [5.41, 5.74) is 6.12. The molecule has 0 aliphatic carbocycles. The molecule has 0 unspecified atom stereocenters. The van der Waals surface area contributed by atoms with Crippen LogP contribution in [0.3, 0.4) is 0 Å². The number of rotatable bonds is 4. The average molecular weight is 402 g/mol. The highest BCUT2D eigenvalue weighted by atomic mass is 16.2. The fourth-order valence-electron chi connectivity index (χ4n) is 4.04. The van der Waals surface area contributed by atoms with Crippen LogP contribution in [0.5, 0.6) is 0 Å². The van der Waals surface area contributed by atoms with Gasteiger partial charge in [0, 0.05) is 53.7 Å². The molecule has 154 valence electrons. The highest BCUT2D eigenvalue weighted by molar-refractivity contribution is 6.30. The van der Waals surface area contributed by atoms with Gasteiger partial charge in [-0.15, -0.1) is 0 Å². The largest absolute Gasteiger partial charge is 0.378 e. The van der Waals surface area contributed by atoms with Crippen molar-refractivity contribution < 1.29 is 9.59 Å². The first-order chi connectivity index (χ1) is 14.2. The Morgan fingerprint density at radius 2 is 0.867 bits per heavy atom. The molecule has 2 heterocycles. The molecule has 0 fully saturated rings. The van der Waals surface area contributed by atoms with Gasteiger partial charge in [0.2, 0.25) is 0 Å². The third-order valence-electron chi connectivity index (χ3n) is 5.75. The van der Waals surface area contributed by atoms with Crippen molar-refractivity contribution in [3.8, 4) is 0 Å². The van der Waals surface area contributed by atoms with Crippen molar-refractivity contribution in [2.24, 2.45) is 0 Å². The number of amides is 2. The molecular weight excluding hydrogens is 376 g/mol. The minimum Gasteiger partial charge on any atom is -0.378 e. The number of carbonyl (C=O) groups excluding carboxylic acids is 2. The number of benzene rings is 2. The number of carbonyl (C=O) groups is 2. The van der Waals surface area contributed by atoms with Crippen LogP contribution in [0.15, 0.2) is 59.7 Å². The first kappa shape index (κ1) is 19.8. The van der Waals surface area contributed by atoms with Gasteiger partial charge < -0.3 is 19.6 Å². The van der Waals surface area contributed by atoms with Crippen LogP contribution in [-0.2, 0) is 9.59 Å². The highest BCUT2D eigenvalue weighted by Gasteiger charge is 2.46. The molecule has 6 nitrogen and oxygen atoms in total. The van der Waals surface area contributed by atoms with Crippen LogP contribution in [0.4, 0.5) is 11.4 Å². The molecule has 0 saturated heterocycles. The summed E-state index contributed by atoms with van der Waals surface area (Å²) in [5.74, 6) is -0.304. The zero-order chi connectivity index (χ0) is 21.7. The summed E-state index contributed by atoms with van der Waals surface area (Å²) in [5, 5.41) is 0. The van der Waals surface area contributed by atoms with Crippen LogP contribution >= 0.6 is 0 Å². The summed E-state index contributed by atoms with van der Waals surface area (Å²) < 4.78 is 0. The predicted octanol–water partition coefficient (Wildman–Crippen LogP) is 2.89. The number of likely N-dealkylation sites (N-methyl/N-ethyl adjacent to an activating group) is 2. The van der Waals surface area contributed by atoms with E-state index in [-0.39, 0.29) is 11.8 Å². The Morgan fingerprint density at radius 3 is 1.13 bits per heavy atom. The number of hydrogen-bond donors (Lipinski definition) is 0. The second-order valence-electron chi connectivity index (χ2n) is 8.06. The maximum atomic E-state index is 13.2. The average Bonchev–Trinajstić information content (AvgIpc) is 3.13. The van der Waals surface area contributed by atoms with Gasteiger partial charge in [-0.3, -0.25) is 9.59 Å². The summed E-state index contributed by atoms with van der Waals surface area (Å²) in [6, 6.07) is 15.8. The smallest absolute Gasteiger partial charge is 0.261 e. The number of nitrogens with zero attached hydrogens (tertiary/aromatic N) is 4. The van der Waals surface area contributed by atoms with Crippen molar-refractivity contribution in [2.75, 3.05) is 52.1 Å². The van der Waals surface area contributed by atoms with Gasteiger partial charge >= 0.3 is 0 Å². The molecule has 0 aromatic heterocycles. The Bertz CT molecular complexity index is 1000. The van der Waals surface area contributed by atoms with Gasteiger partial charge in [-0.2, -0.15) is 0 Å². The fraction of sp³-hybridized carbons (Fsp3) is 0.250. The molecule has 0 radical (unpaired) electrons. The second kappa shape index (κ2) is 7.06. The van der Waals surface area contributed by atoms with E-state index in [1.807, 2.05) is 86.5 Å². The standard InChI is InChI=1S/C24H26N4O2/c1-25(2)17-11-7-15(8-12-17)21-19-20(24(30)27(21)5)22(28(6)23(19)29)16-9-13-18(14-10-16)26(3)4/h7-14H,1-6H3. The molecule has 2 aromatic rings. The molecule has 2 aromatic carbocycles. The van der Waals surface area contributed by atoms with E-state index in [4.69, 9.17) is 0 Å². The molecule has 2 aliphatic rings. The Kier molecular flexibility index (Phi) is 4.65. The maximum absolute atomic E-state index is 13.2. The Hall–Kier alpha value is -3.54. The lowest BCUT2D eigenvalue weighted by Crippen LogP contribution is -2.25. The van der Waals surface area contributed by atoms with Crippen molar-refractivity contribution in [3.05, 3.63) is 70.8 Å². The number of anilines is 2. The van der Waals surface area contributed by atoms with Crippen molar-refractivity contribution in [2.45, 2.75) is 0 Å². The van der Waals surface area contributed by atoms with Gasteiger partial charge in [-0.1, -0.05) is 24.3 Å². The summed E-state index contributed by atoms with van der Waals surface area (Å²) in [4.78, 5) is 33.7. The highest BCUT2D eigenvalue weighted by Crippen LogP contribution is 2.45. The molecule has 4 rings (SSSR count). The van der Waals surface area contributed by atoms with Gasteiger partial charge in [0.1, 0.15) is 0 Å². The van der Waals surface area contributed by atoms with E-state index in [1.54, 1.807) is 23.9 Å². The van der Waals surface area contributed by atoms with Gasteiger partial charge in [0.15, 0.2) is 0 Å². The molecule has 0 atom stereocenters. The molecule has 2 aliphatic heterocycles.